The summed E-state index contributed by atoms with van der Waals surface area (Å²) in [6.45, 7) is 3.54. The van der Waals surface area contributed by atoms with Gasteiger partial charge in [-0.2, -0.15) is 0 Å². The minimum Gasteiger partial charge on any atom is -0.493 e. The lowest BCUT2D eigenvalue weighted by Gasteiger charge is -2.13. The molecule has 0 spiro atoms. The Morgan fingerprint density at radius 2 is 1.69 bits per heavy atom. The first-order valence-corrected chi connectivity index (χ1v) is 8.95. The summed E-state index contributed by atoms with van der Waals surface area (Å²) < 4.78 is 26.5. The number of fused-ring (bicyclic) bond motifs is 1. The molecular formula is C22H22O7. The fourth-order valence-electron chi connectivity index (χ4n) is 2.92. The molecule has 1 heterocycles. The Bertz CT molecular complexity index is 1100. The van der Waals surface area contributed by atoms with Gasteiger partial charge in [0, 0.05) is 17.5 Å². The van der Waals surface area contributed by atoms with E-state index >= 15 is 0 Å². The monoisotopic (exact) mass is 398 g/mol. The van der Waals surface area contributed by atoms with Gasteiger partial charge in [0.1, 0.15) is 17.9 Å². The van der Waals surface area contributed by atoms with Crippen LogP contribution in [-0.4, -0.2) is 26.8 Å². The van der Waals surface area contributed by atoms with E-state index in [0.29, 0.717) is 22.8 Å². The Kier molecular flexibility index (Phi) is 6.07. The van der Waals surface area contributed by atoms with Crippen molar-refractivity contribution in [2.24, 2.45) is 0 Å². The fourth-order valence-corrected chi connectivity index (χ4v) is 2.92. The lowest BCUT2D eigenvalue weighted by molar-refractivity contribution is -0.147. The molecule has 0 radical (unpaired) electrons. The number of carbonyl (C=O) groups is 1. The zero-order valence-corrected chi connectivity index (χ0v) is 16.7. The number of esters is 1. The third-order valence-corrected chi connectivity index (χ3v) is 4.51. The Hall–Kier alpha value is -3.48. The summed E-state index contributed by atoms with van der Waals surface area (Å²) in [5, 5.41) is 0.809. The number of aryl methyl sites for hydroxylation is 2. The van der Waals surface area contributed by atoms with Gasteiger partial charge in [0.05, 0.1) is 14.2 Å². The van der Waals surface area contributed by atoms with Crippen molar-refractivity contribution in [3.05, 3.63) is 63.5 Å². The minimum absolute atomic E-state index is 0.0835. The molecule has 0 atom stereocenters. The van der Waals surface area contributed by atoms with E-state index in [1.165, 1.54) is 6.07 Å². The average molecular weight is 398 g/mol. The third kappa shape index (κ3) is 4.68. The minimum atomic E-state index is -0.523. The summed E-state index contributed by atoms with van der Waals surface area (Å²) in [4.78, 5) is 23.6. The molecule has 0 saturated heterocycles. The van der Waals surface area contributed by atoms with Crippen molar-refractivity contribution in [3.63, 3.8) is 0 Å². The highest BCUT2D eigenvalue weighted by Crippen LogP contribution is 2.30. The second kappa shape index (κ2) is 8.68. The van der Waals surface area contributed by atoms with Crippen LogP contribution in [0.25, 0.3) is 11.0 Å². The number of ether oxygens (including phenoxy) is 4. The van der Waals surface area contributed by atoms with Gasteiger partial charge < -0.3 is 23.4 Å². The second-order valence-corrected chi connectivity index (χ2v) is 6.49. The smallest absolute Gasteiger partial charge is 0.344 e. The van der Waals surface area contributed by atoms with E-state index in [4.69, 9.17) is 23.4 Å². The number of rotatable bonds is 7. The zero-order valence-electron chi connectivity index (χ0n) is 16.7. The number of hydrogen-bond donors (Lipinski definition) is 0. The van der Waals surface area contributed by atoms with Crippen molar-refractivity contribution >= 4 is 16.9 Å². The maximum Gasteiger partial charge on any atom is 0.344 e. The molecule has 0 saturated carbocycles. The molecule has 0 N–H and O–H groups in total. The summed E-state index contributed by atoms with van der Waals surface area (Å²) in [6.07, 6.45) is 0. The van der Waals surface area contributed by atoms with E-state index in [1.807, 2.05) is 19.9 Å². The number of carbonyl (C=O) groups excluding carboxylic acids is 1. The van der Waals surface area contributed by atoms with Crippen LogP contribution in [0.1, 0.15) is 16.7 Å². The molecule has 0 amide bonds. The summed E-state index contributed by atoms with van der Waals surface area (Å²) in [6, 6.07) is 10.1. The Morgan fingerprint density at radius 1 is 0.966 bits per heavy atom. The highest BCUT2D eigenvalue weighted by molar-refractivity contribution is 5.81. The first-order chi connectivity index (χ1) is 13.9. The van der Waals surface area contributed by atoms with Crippen molar-refractivity contribution in [1.82, 2.24) is 0 Å². The third-order valence-electron chi connectivity index (χ3n) is 4.51. The molecular weight excluding hydrogens is 376 g/mol. The highest BCUT2D eigenvalue weighted by atomic mass is 16.6. The van der Waals surface area contributed by atoms with Crippen LogP contribution in [0.3, 0.4) is 0 Å². The SMILES string of the molecule is COc1cc(C)c(COC(=O)COc2ccc3c(C)cc(=O)oc3c2)cc1OC. The largest absolute Gasteiger partial charge is 0.493 e. The van der Waals surface area contributed by atoms with E-state index in [-0.39, 0.29) is 13.2 Å². The summed E-state index contributed by atoms with van der Waals surface area (Å²) in [7, 11) is 3.11. The van der Waals surface area contributed by atoms with Crippen LogP contribution in [0, 0.1) is 13.8 Å². The second-order valence-electron chi connectivity index (χ2n) is 6.49. The van der Waals surface area contributed by atoms with Crippen molar-refractivity contribution in [1.29, 1.82) is 0 Å². The van der Waals surface area contributed by atoms with Crippen molar-refractivity contribution in [2.45, 2.75) is 20.5 Å². The normalized spacial score (nSPS) is 10.6. The summed E-state index contributed by atoms with van der Waals surface area (Å²) >= 11 is 0. The van der Waals surface area contributed by atoms with Gasteiger partial charge in [-0.1, -0.05) is 0 Å². The van der Waals surface area contributed by atoms with Crippen LogP contribution in [0.2, 0.25) is 0 Å². The van der Waals surface area contributed by atoms with Gasteiger partial charge in [-0.15, -0.1) is 0 Å². The number of hydrogen-bond acceptors (Lipinski definition) is 7. The highest BCUT2D eigenvalue weighted by Gasteiger charge is 2.12. The lowest BCUT2D eigenvalue weighted by atomic mass is 10.1. The Morgan fingerprint density at radius 3 is 2.41 bits per heavy atom. The maximum atomic E-state index is 12.1. The molecule has 0 fully saturated rings. The molecule has 0 aliphatic rings. The van der Waals surface area contributed by atoms with Crippen LogP contribution < -0.4 is 19.8 Å². The van der Waals surface area contributed by atoms with Crippen molar-refractivity contribution < 1.29 is 28.2 Å². The maximum absolute atomic E-state index is 12.1. The van der Waals surface area contributed by atoms with Gasteiger partial charge >= 0.3 is 11.6 Å². The van der Waals surface area contributed by atoms with E-state index in [0.717, 1.165) is 22.1 Å². The molecule has 7 heteroatoms. The summed E-state index contributed by atoms with van der Waals surface area (Å²) in [5.41, 5.74) is 2.50. The summed E-state index contributed by atoms with van der Waals surface area (Å²) in [5.74, 6) is 1.06. The molecule has 0 aliphatic heterocycles. The van der Waals surface area contributed by atoms with Gasteiger partial charge in [0.15, 0.2) is 18.1 Å². The number of methoxy groups -OCH3 is 2. The molecule has 0 aliphatic carbocycles. The van der Waals surface area contributed by atoms with Crippen LogP contribution in [0.5, 0.6) is 17.2 Å². The van der Waals surface area contributed by atoms with Crippen LogP contribution in [0.4, 0.5) is 0 Å². The van der Waals surface area contributed by atoms with Crippen LogP contribution >= 0.6 is 0 Å². The van der Waals surface area contributed by atoms with E-state index in [1.54, 1.807) is 38.5 Å². The average Bonchev–Trinajstić information content (AvgIpc) is 2.70. The quantitative estimate of drug-likeness (QED) is 0.444. The predicted octanol–water partition coefficient (Wildman–Crippen LogP) is 3.55. The molecule has 0 unspecified atom stereocenters. The van der Waals surface area contributed by atoms with Crippen LogP contribution in [0.15, 0.2) is 45.6 Å². The Labute approximate surface area is 167 Å². The molecule has 152 valence electrons. The molecule has 3 rings (SSSR count). The first-order valence-electron chi connectivity index (χ1n) is 8.95. The van der Waals surface area contributed by atoms with Gasteiger partial charge in [-0.05, 0) is 54.8 Å². The van der Waals surface area contributed by atoms with Crippen LogP contribution in [-0.2, 0) is 16.1 Å². The number of benzene rings is 2. The molecule has 7 nitrogen and oxygen atoms in total. The van der Waals surface area contributed by atoms with Gasteiger partial charge in [0.2, 0.25) is 0 Å². The van der Waals surface area contributed by atoms with Crippen molar-refractivity contribution in [2.75, 3.05) is 20.8 Å². The van der Waals surface area contributed by atoms with E-state index < -0.39 is 11.6 Å². The van der Waals surface area contributed by atoms with E-state index in [2.05, 4.69) is 0 Å². The standard InChI is InChI=1S/C22H22O7/c1-13-7-19(25-3)20(26-4)9-15(13)11-28-22(24)12-27-16-5-6-17-14(2)8-21(23)29-18(17)10-16/h5-10H,11-12H2,1-4H3. The van der Waals surface area contributed by atoms with Gasteiger partial charge in [-0.3, -0.25) is 0 Å². The zero-order chi connectivity index (χ0) is 21.0. The van der Waals surface area contributed by atoms with Crippen molar-refractivity contribution in [3.8, 4) is 17.2 Å². The topological polar surface area (TPSA) is 84.2 Å². The molecule has 0 bridgehead atoms. The molecule has 1 aromatic heterocycles. The van der Waals surface area contributed by atoms with Gasteiger partial charge in [0.25, 0.3) is 0 Å². The molecule has 2 aromatic carbocycles. The lowest BCUT2D eigenvalue weighted by Crippen LogP contribution is -2.15. The molecule has 29 heavy (non-hydrogen) atoms. The molecule has 3 aromatic rings. The first kappa shape index (κ1) is 20.3. The fraction of sp³-hybridized carbons (Fsp3) is 0.273. The predicted molar refractivity (Wildman–Crippen MR) is 107 cm³/mol. The van der Waals surface area contributed by atoms with Gasteiger partial charge in [-0.25, -0.2) is 9.59 Å². The van der Waals surface area contributed by atoms with E-state index in [9.17, 15) is 9.59 Å². The Balaban J connectivity index is 1.62.